The van der Waals surface area contributed by atoms with Crippen LogP contribution in [0.15, 0.2) is 48.5 Å². The van der Waals surface area contributed by atoms with E-state index in [0.717, 1.165) is 5.56 Å². The van der Waals surface area contributed by atoms with E-state index in [9.17, 15) is 4.79 Å². The largest absolute Gasteiger partial charge is 0.423 e. The quantitative estimate of drug-likeness (QED) is 0.558. The monoisotopic (exact) mass is 308 g/mol. The number of hydrogen-bond donors (Lipinski definition) is 0. The topological polar surface area (TPSA) is 26.3 Å². The Kier molecular flexibility index (Phi) is 4.51. The molecule has 2 aromatic rings. The van der Waals surface area contributed by atoms with Crippen molar-refractivity contribution in [3.05, 3.63) is 65.2 Å². The molecule has 23 heavy (non-hydrogen) atoms. The van der Waals surface area contributed by atoms with E-state index in [1.807, 2.05) is 31.2 Å². The summed E-state index contributed by atoms with van der Waals surface area (Å²) in [5.74, 6) is 0.306. The third kappa shape index (κ3) is 3.64. The standard InChI is InChI=1S/C21H24O2/c1-16-6-8-17(9-7-16)20(22)23-19-12-10-18(11-13-19)21(2)14-4-3-5-15-21/h6-13H,3-5,14-15H2,1-2H3. The molecule has 2 heteroatoms. The summed E-state index contributed by atoms with van der Waals surface area (Å²) in [7, 11) is 0. The first-order valence-corrected chi connectivity index (χ1v) is 8.46. The van der Waals surface area contributed by atoms with Crippen molar-refractivity contribution in [2.75, 3.05) is 0 Å². The van der Waals surface area contributed by atoms with Crippen LogP contribution in [0.3, 0.4) is 0 Å². The number of carbonyl (C=O) groups is 1. The van der Waals surface area contributed by atoms with Gasteiger partial charge in [0.1, 0.15) is 5.75 Å². The highest BCUT2D eigenvalue weighted by Crippen LogP contribution is 2.39. The molecule has 2 aromatic carbocycles. The van der Waals surface area contributed by atoms with Crippen molar-refractivity contribution in [2.24, 2.45) is 0 Å². The lowest BCUT2D eigenvalue weighted by Crippen LogP contribution is -2.24. The van der Waals surface area contributed by atoms with E-state index in [2.05, 4.69) is 19.1 Å². The lowest BCUT2D eigenvalue weighted by Gasteiger charge is -2.34. The molecule has 0 spiro atoms. The Hall–Kier alpha value is -2.09. The van der Waals surface area contributed by atoms with Crippen LogP contribution in [0, 0.1) is 6.92 Å². The highest BCUT2D eigenvalue weighted by molar-refractivity contribution is 5.91. The van der Waals surface area contributed by atoms with Crippen LogP contribution in [0.2, 0.25) is 0 Å². The number of hydrogen-bond acceptors (Lipinski definition) is 2. The SMILES string of the molecule is Cc1ccc(C(=O)Oc2ccc(C3(C)CCCCC3)cc2)cc1. The van der Waals surface area contributed by atoms with Crippen LogP contribution >= 0.6 is 0 Å². The summed E-state index contributed by atoms with van der Waals surface area (Å²) in [6.45, 7) is 4.35. The van der Waals surface area contributed by atoms with Crippen LogP contribution in [0.5, 0.6) is 5.75 Å². The van der Waals surface area contributed by atoms with E-state index >= 15 is 0 Å². The van der Waals surface area contributed by atoms with Crippen molar-refractivity contribution in [1.29, 1.82) is 0 Å². The first-order chi connectivity index (χ1) is 11.1. The van der Waals surface area contributed by atoms with Gasteiger partial charge < -0.3 is 4.74 Å². The maximum atomic E-state index is 12.2. The Morgan fingerprint density at radius 3 is 2.13 bits per heavy atom. The van der Waals surface area contributed by atoms with E-state index in [1.165, 1.54) is 37.7 Å². The molecule has 0 aromatic heterocycles. The van der Waals surface area contributed by atoms with Crippen molar-refractivity contribution >= 4 is 5.97 Å². The van der Waals surface area contributed by atoms with Gasteiger partial charge in [-0.25, -0.2) is 4.79 Å². The summed E-state index contributed by atoms with van der Waals surface area (Å²) in [5, 5.41) is 0. The Bertz CT molecular complexity index is 662. The van der Waals surface area contributed by atoms with Crippen molar-refractivity contribution in [1.82, 2.24) is 0 Å². The molecular formula is C21H24O2. The molecule has 0 unspecified atom stereocenters. The number of benzene rings is 2. The van der Waals surface area contributed by atoms with Crippen LogP contribution < -0.4 is 4.74 Å². The van der Waals surface area contributed by atoms with Gasteiger partial charge in [-0.05, 0) is 55.0 Å². The molecule has 0 atom stereocenters. The van der Waals surface area contributed by atoms with Crippen molar-refractivity contribution in [3.8, 4) is 5.75 Å². The number of rotatable bonds is 3. The number of ether oxygens (including phenoxy) is 1. The van der Waals surface area contributed by atoms with E-state index < -0.39 is 0 Å². The molecule has 0 heterocycles. The molecule has 0 saturated heterocycles. The zero-order valence-corrected chi connectivity index (χ0v) is 14.0. The molecule has 0 aliphatic heterocycles. The fourth-order valence-electron chi connectivity index (χ4n) is 3.40. The fourth-order valence-corrected chi connectivity index (χ4v) is 3.40. The summed E-state index contributed by atoms with van der Waals surface area (Å²) in [6.07, 6.45) is 6.45. The van der Waals surface area contributed by atoms with Gasteiger partial charge >= 0.3 is 5.97 Å². The predicted molar refractivity (Wildman–Crippen MR) is 93.0 cm³/mol. The van der Waals surface area contributed by atoms with Gasteiger partial charge in [0.15, 0.2) is 0 Å². The summed E-state index contributed by atoms with van der Waals surface area (Å²) >= 11 is 0. The molecule has 0 N–H and O–H groups in total. The van der Waals surface area contributed by atoms with E-state index in [-0.39, 0.29) is 11.4 Å². The Labute approximate surface area is 138 Å². The number of aryl methyl sites for hydroxylation is 1. The van der Waals surface area contributed by atoms with Gasteiger partial charge in [0.05, 0.1) is 5.56 Å². The first-order valence-electron chi connectivity index (χ1n) is 8.46. The molecule has 0 amide bonds. The second-order valence-electron chi connectivity index (χ2n) is 6.90. The minimum absolute atomic E-state index is 0.276. The molecule has 1 aliphatic carbocycles. The molecule has 2 nitrogen and oxygen atoms in total. The van der Waals surface area contributed by atoms with Gasteiger partial charge in [-0.3, -0.25) is 0 Å². The van der Waals surface area contributed by atoms with Crippen LogP contribution in [0.1, 0.15) is 60.5 Å². The van der Waals surface area contributed by atoms with Gasteiger partial charge in [-0.15, -0.1) is 0 Å². The van der Waals surface area contributed by atoms with Gasteiger partial charge in [0.2, 0.25) is 0 Å². The minimum atomic E-state index is -0.304. The third-order valence-corrected chi connectivity index (χ3v) is 5.01. The molecule has 0 radical (unpaired) electrons. The second-order valence-corrected chi connectivity index (χ2v) is 6.90. The van der Waals surface area contributed by atoms with Crippen LogP contribution in [0.4, 0.5) is 0 Å². The van der Waals surface area contributed by atoms with Gasteiger partial charge in [0, 0.05) is 0 Å². The van der Waals surface area contributed by atoms with E-state index in [4.69, 9.17) is 4.74 Å². The van der Waals surface area contributed by atoms with Crippen molar-refractivity contribution < 1.29 is 9.53 Å². The summed E-state index contributed by atoms with van der Waals surface area (Å²) in [5.41, 5.74) is 3.34. The maximum Gasteiger partial charge on any atom is 0.343 e. The molecular weight excluding hydrogens is 284 g/mol. The van der Waals surface area contributed by atoms with Crippen molar-refractivity contribution in [2.45, 2.75) is 51.4 Å². The smallest absolute Gasteiger partial charge is 0.343 e. The second kappa shape index (κ2) is 6.57. The molecule has 1 fully saturated rings. The predicted octanol–water partition coefficient (Wildman–Crippen LogP) is 5.44. The van der Waals surface area contributed by atoms with E-state index in [0.29, 0.717) is 11.3 Å². The third-order valence-electron chi connectivity index (χ3n) is 5.01. The van der Waals surface area contributed by atoms with Crippen LogP contribution in [0.25, 0.3) is 0 Å². The van der Waals surface area contributed by atoms with Crippen LogP contribution in [-0.4, -0.2) is 5.97 Å². The van der Waals surface area contributed by atoms with Crippen LogP contribution in [-0.2, 0) is 5.41 Å². The zero-order valence-electron chi connectivity index (χ0n) is 14.0. The zero-order chi connectivity index (χ0) is 16.3. The minimum Gasteiger partial charge on any atom is -0.423 e. The lowest BCUT2D eigenvalue weighted by molar-refractivity contribution is 0.0734. The highest BCUT2D eigenvalue weighted by atomic mass is 16.5. The summed E-state index contributed by atoms with van der Waals surface area (Å²) in [6, 6.07) is 15.5. The number of esters is 1. The molecule has 1 saturated carbocycles. The Morgan fingerprint density at radius 1 is 0.913 bits per heavy atom. The van der Waals surface area contributed by atoms with Crippen molar-refractivity contribution in [3.63, 3.8) is 0 Å². The van der Waals surface area contributed by atoms with Gasteiger partial charge in [-0.2, -0.15) is 0 Å². The number of carbonyl (C=O) groups excluding carboxylic acids is 1. The Morgan fingerprint density at radius 2 is 1.52 bits per heavy atom. The molecule has 3 rings (SSSR count). The average molecular weight is 308 g/mol. The summed E-state index contributed by atoms with van der Waals surface area (Å²) < 4.78 is 5.48. The van der Waals surface area contributed by atoms with Gasteiger partial charge in [0.25, 0.3) is 0 Å². The molecule has 120 valence electrons. The summed E-state index contributed by atoms with van der Waals surface area (Å²) in [4.78, 5) is 12.2. The Balaban J connectivity index is 1.70. The maximum absolute atomic E-state index is 12.2. The fraction of sp³-hybridized carbons (Fsp3) is 0.381. The van der Waals surface area contributed by atoms with E-state index in [1.54, 1.807) is 12.1 Å². The molecule has 1 aliphatic rings. The van der Waals surface area contributed by atoms with Gasteiger partial charge in [-0.1, -0.05) is 56.0 Å². The lowest BCUT2D eigenvalue weighted by atomic mass is 9.71. The normalized spacial score (nSPS) is 16.8. The molecule has 0 bridgehead atoms. The highest BCUT2D eigenvalue weighted by Gasteiger charge is 2.28. The average Bonchev–Trinajstić information content (AvgIpc) is 2.56. The first kappa shape index (κ1) is 15.8.